The van der Waals surface area contributed by atoms with Gasteiger partial charge in [0, 0.05) is 32.1 Å². The van der Waals surface area contributed by atoms with Crippen molar-refractivity contribution in [1.29, 1.82) is 0 Å². The van der Waals surface area contributed by atoms with E-state index in [0.29, 0.717) is 32.8 Å². The van der Waals surface area contributed by atoms with E-state index in [4.69, 9.17) is 23.7 Å². The maximum absolute atomic E-state index is 6.29. The van der Waals surface area contributed by atoms with Gasteiger partial charge >= 0.3 is 0 Å². The molecule has 0 radical (unpaired) electrons. The molecule has 0 unspecified atom stereocenters. The van der Waals surface area contributed by atoms with E-state index in [1.807, 2.05) is 54.6 Å². The highest BCUT2D eigenvalue weighted by Gasteiger charge is 2.41. The zero-order valence-electron chi connectivity index (χ0n) is 18.7. The maximum atomic E-state index is 6.29. The first-order chi connectivity index (χ1) is 16.3. The molecule has 1 aliphatic rings. The standard InChI is InChI=1S/C25H29N3O5/c1-29-24-14-22(31-16-20-9-3-6-12-27-20)25(32-17-21-10-4-7-13-28-21)23(33-24)18-30-15-19-8-2-5-11-26-19/h2-13,22-25H,14-18H2,1H3/t22-,23-,24+,25-/m1/s1. The number of hydrogen-bond acceptors (Lipinski definition) is 8. The molecular weight excluding hydrogens is 422 g/mol. The number of nitrogens with zero attached hydrogens (tertiary/aromatic N) is 3. The summed E-state index contributed by atoms with van der Waals surface area (Å²) in [5.41, 5.74) is 2.54. The second-order valence-corrected chi connectivity index (χ2v) is 7.68. The molecule has 1 aliphatic heterocycles. The molecule has 0 aliphatic carbocycles. The minimum Gasteiger partial charge on any atom is -0.372 e. The minimum atomic E-state index is -0.420. The summed E-state index contributed by atoms with van der Waals surface area (Å²) < 4.78 is 30.2. The largest absolute Gasteiger partial charge is 0.372 e. The molecule has 0 N–H and O–H groups in total. The maximum Gasteiger partial charge on any atom is 0.160 e. The lowest BCUT2D eigenvalue weighted by Gasteiger charge is -2.40. The van der Waals surface area contributed by atoms with Crippen molar-refractivity contribution < 1.29 is 23.7 Å². The fraction of sp³-hybridized carbons (Fsp3) is 0.400. The van der Waals surface area contributed by atoms with Crippen molar-refractivity contribution in [3.8, 4) is 0 Å². The molecule has 8 nitrogen and oxygen atoms in total. The molecule has 1 fully saturated rings. The van der Waals surface area contributed by atoms with Crippen molar-refractivity contribution in [3.05, 3.63) is 90.3 Å². The van der Waals surface area contributed by atoms with E-state index in [-0.39, 0.29) is 18.3 Å². The Bertz CT molecular complexity index is 933. The predicted molar refractivity (Wildman–Crippen MR) is 120 cm³/mol. The molecule has 0 amide bonds. The van der Waals surface area contributed by atoms with E-state index in [2.05, 4.69) is 15.0 Å². The highest BCUT2D eigenvalue weighted by Crippen LogP contribution is 2.27. The topological polar surface area (TPSA) is 84.8 Å². The van der Waals surface area contributed by atoms with E-state index in [1.165, 1.54) is 0 Å². The molecule has 8 heteroatoms. The van der Waals surface area contributed by atoms with E-state index < -0.39 is 6.29 Å². The quantitative estimate of drug-likeness (QED) is 0.439. The SMILES string of the molecule is CO[C@@H]1C[C@@H](OCc2ccccn2)[C@@H](OCc2ccccn2)[C@@H](COCc2ccccn2)O1. The molecule has 33 heavy (non-hydrogen) atoms. The monoisotopic (exact) mass is 451 g/mol. The normalized spacial score (nSPS) is 22.8. The highest BCUT2D eigenvalue weighted by atomic mass is 16.7. The van der Waals surface area contributed by atoms with Crippen molar-refractivity contribution in [3.63, 3.8) is 0 Å². The molecule has 4 atom stereocenters. The number of ether oxygens (including phenoxy) is 5. The fourth-order valence-electron chi connectivity index (χ4n) is 3.66. The van der Waals surface area contributed by atoms with Crippen LogP contribution in [0.25, 0.3) is 0 Å². The van der Waals surface area contributed by atoms with Gasteiger partial charge in [-0.3, -0.25) is 15.0 Å². The molecular formula is C25H29N3O5. The van der Waals surface area contributed by atoms with Crippen LogP contribution in [0.4, 0.5) is 0 Å². The Morgan fingerprint density at radius 3 is 1.91 bits per heavy atom. The number of methoxy groups -OCH3 is 1. The first-order valence-corrected chi connectivity index (χ1v) is 11.0. The first kappa shape index (κ1) is 23.4. The second-order valence-electron chi connectivity index (χ2n) is 7.68. The third kappa shape index (κ3) is 7.12. The molecule has 174 valence electrons. The Balaban J connectivity index is 1.44. The summed E-state index contributed by atoms with van der Waals surface area (Å²) in [6.45, 7) is 1.40. The summed E-state index contributed by atoms with van der Waals surface area (Å²) in [5.74, 6) is 0. The van der Waals surface area contributed by atoms with Gasteiger partial charge < -0.3 is 23.7 Å². The lowest BCUT2D eigenvalue weighted by atomic mass is 10.0. The fourth-order valence-corrected chi connectivity index (χ4v) is 3.66. The second kappa shape index (κ2) is 12.5. The lowest BCUT2D eigenvalue weighted by Crippen LogP contribution is -2.52. The van der Waals surface area contributed by atoms with Crippen molar-refractivity contribution in [1.82, 2.24) is 15.0 Å². The van der Waals surface area contributed by atoms with Gasteiger partial charge in [-0.1, -0.05) is 18.2 Å². The predicted octanol–water partition coefficient (Wildman–Crippen LogP) is 3.32. The third-order valence-electron chi connectivity index (χ3n) is 5.33. The van der Waals surface area contributed by atoms with E-state index in [9.17, 15) is 0 Å². The van der Waals surface area contributed by atoms with Crippen LogP contribution in [0.3, 0.4) is 0 Å². The number of aromatic nitrogens is 3. The van der Waals surface area contributed by atoms with Crippen LogP contribution in [-0.4, -0.2) is 53.3 Å². The molecule has 0 bridgehead atoms. The zero-order valence-corrected chi connectivity index (χ0v) is 18.7. The molecule has 1 saturated heterocycles. The molecule has 0 aromatic carbocycles. The average molecular weight is 452 g/mol. The third-order valence-corrected chi connectivity index (χ3v) is 5.33. The van der Waals surface area contributed by atoms with Gasteiger partial charge in [0.2, 0.25) is 0 Å². The Kier molecular flexibility index (Phi) is 8.85. The van der Waals surface area contributed by atoms with Crippen LogP contribution in [0.1, 0.15) is 23.5 Å². The van der Waals surface area contributed by atoms with Gasteiger partial charge in [0.15, 0.2) is 6.29 Å². The highest BCUT2D eigenvalue weighted by molar-refractivity contribution is 5.04. The summed E-state index contributed by atoms with van der Waals surface area (Å²) in [6.07, 6.45) is 4.35. The van der Waals surface area contributed by atoms with Crippen LogP contribution in [0.5, 0.6) is 0 Å². The minimum absolute atomic E-state index is 0.266. The summed E-state index contributed by atoms with van der Waals surface area (Å²) in [4.78, 5) is 13.0. The van der Waals surface area contributed by atoms with Crippen LogP contribution in [0.15, 0.2) is 73.2 Å². The van der Waals surface area contributed by atoms with Crippen LogP contribution < -0.4 is 0 Å². The smallest absolute Gasteiger partial charge is 0.160 e. The molecule has 3 aromatic rings. The molecule has 3 aromatic heterocycles. The van der Waals surface area contributed by atoms with Gasteiger partial charge in [0.25, 0.3) is 0 Å². The Hall–Kier alpha value is -2.75. The van der Waals surface area contributed by atoms with Gasteiger partial charge in [-0.15, -0.1) is 0 Å². The summed E-state index contributed by atoms with van der Waals surface area (Å²) in [7, 11) is 1.63. The van der Waals surface area contributed by atoms with Gasteiger partial charge in [-0.2, -0.15) is 0 Å². The Morgan fingerprint density at radius 1 is 0.788 bits per heavy atom. The average Bonchev–Trinajstić information content (AvgIpc) is 2.88. The molecule has 4 rings (SSSR count). The van der Waals surface area contributed by atoms with Gasteiger partial charge in [0.1, 0.15) is 12.2 Å². The van der Waals surface area contributed by atoms with Crippen molar-refractivity contribution in [2.45, 2.75) is 50.8 Å². The van der Waals surface area contributed by atoms with Crippen LogP contribution >= 0.6 is 0 Å². The van der Waals surface area contributed by atoms with Crippen LogP contribution in [0, 0.1) is 0 Å². The Labute approximate surface area is 193 Å². The first-order valence-electron chi connectivity index (χ1n) is 11.0. The summed E-state index contributed by atoms with van der Waals surface area (Å²) in [6, 6.07) is 17.2. The van der Waals surface area contributed by atoms with E-state index in [0.717, 1.165) is 17.1 Å². The van der Waals surface area contributed by atoms with E-state index >= 15 is 0 Å². The lowest BCUT2D eigenvalue weighted by molar-refractivity contribution is -0.272. The zero-order chi connectivity index (χ0) is 22.7. The number of rotatable bonds is 11. The van der Waals surface area contributed by atoms with E-state index in [1.54, 1.807) is 25.7 Å². The van der Waals surface area contributed by atoms with Crippen molar-refractivity contribution in [2.24, 2.45) is 0 Å². The van der Waals surface area contributed by atoms with Crippen molar-refractivity contribution in [2.75, 3.05) is 13.7 Å². The number of pyridine rings is 3. The number of hydrogen-bond donors (Lipinski definition) is 0. The van der Waals surface area contributed by atoms with Crippen LogP contribution in [0.2, 0.25) is 0 Å². The van der Waals surface area contributed by atoms with Gasteiger partial charge in [0.05, 0.1) is 49.6 Å². The molecule has 4 heterocycles. The summed E-state index contributed by atoms with van der Waals surface area (Å²) >= 11 is 0. The molecule has 0 saturated carbocycles. The molecule has 0 spiro atoms. The van der Waals surface area contributed by atoms with Crippen LogP contribution in [-0.2, 0) is 43.5 Å². The Morgan fingerprint density at radius 2 is 1.36 bits per heavy atom. The summed E-state index contributed by atoms with van der Waals surface area (Å²) in [5, 5.41) is 0. The van der Waals surface area contributed by atoms with Gasteiger partial charge in [-0.05, 0) is 36.4 Å². The van der Waals surface area contributed by atoms with Gasteiger partial charge in [-0.25, -0.2) is 0 Å². The van der Waals surface area contributed by atoms with Crippen molar-refractivity contribution >= 4 is 0 Å².